The predicted molar refractivity (Wildman–Crippen MR) is 130 cm³/mol. The summed E-state index contributed by atoms with van der Waals surface area (Å²) < 4.78 is 28.8. The van der Waals surface area contributed by atoms with E-state index in [1.54, 1.807) is 43.5 Å². The summed E-state index contributed by atoms with van der Waals surface area (Å²) in [7, 11) is -1.42. The molecule has 1 heterocycles. The zero-order valence-corrected chi connectivity index (χ0v) is 19.9. The van der Waals surface area contributed by atoms with Gasteiger partial charge in [-0.15, -0.1) is 0 Å². The minimum Gasteiger partial charge on any atom is -0.495 e. The van der Waals surface area contributed by atoms with Gasteiger partial charge in [-0.25, -0.2) is 8.42 Å². The van der Waals surface area contributed by atoms with Gasteiger partial charge in [0.05, 0.1) is 24.3 Å². The lowest BCUT2D eigenvalue weighted by molar-refractivity contribution is -0.116. The van der Waals surface area contributed by atoms with Crippen LogP contribution in [0.15, 0.2) is 48.5 Å². The summed E-state index contributed by atoms with van der Waals surface area (Å²) >= 11 is 0. The standard InChI is InChI=1S/C24H31N3O5S/c1-3-14-27(20-13-16-33(30,31)17-20)15-12-23(28)25-19-10-8-18(9-11-19)24(29)26-21-6-4-5-7-22(21)32-2/h4-11,20H,3,12-17H2,1-2H3,(H,25,28)(H,26,29). The van der Waals surface area contributed by atoms with E-state index in [0.717, 1.165) is 13.0 Å². The molecule has 1 atom stereocenters. The van der Waals surface area contributed by atoms with Gasteiger partial charge in [0.25, 0.3) is 5.91 Å². The van der Waals surface area contributed by atoms with Crippen molar-refractivity contribution in [1.82, 2.24) is 4.90 Å². The second-order valence-corrected chi connectivity index (χ2v) is 10.4. The number of sulfone groups is 1. The Bertz CT molecular complexity index is 1070. The fourth-order valence-electron chi connectivity index (χ4n) is 3.94. The monoisotopic (exact) mass is 473 g/mol. The van der Waals surface area contributed by atoms with Crippen LogP contribution in [0.3, 0.4) is 0 Å². The fraction of sp³-hybridized carbons (Fsp3) is 0.417. The molecule has 0 bridgehead atoms. The van der Waals surface area contributed by atoms with Crippen molar-refractivity contribution >= 4 is 33.0 Å². The highest BCUT2D eigenvalue weighted by atomic mass is 32.2. The second-order valence-electron chi connectivity index (χ2n) is 8.12. The van der Waals surface area contributed by atoms with Gasteiger partial charge in [-0.05, 0) is 55.8 Å². The van der Waals surface area contributed by atoms with Gasteiger partial charge in [0.15, 0.2) is 9.84 Å². The Hall–Kier alpha value is -2.91. The molecule has 0 radical (unpaired) electrons. The van der Waals surface area contributed by atoms with Crippen molar-refractivity contribution in [2.24, 2.45) is 0 Å². The van der Waals surface area contributed by atoms with E-state index in [0.29, 0.717) is 35.7 Å². The lowest BCUT2D eigenvalue weighted by Gasteiger charge is -2.27. The molecular formula is C24H31N3O5S. The van der Waals surface area contributed by atoms with Crippen molar-refractivity contribution in [3.05, 3.63) is 54.1 Å². The van der Waals surface area contributed by atoms with Crippen molar-refractivity contribution in [2.45, 2.75) is 32.2 Å². The summed E-state index contributed by atoms with van der Waals surface area (Å²) in [5.41, 5.74) is 1.63. The molecule has 33 heavy (non-hydrogen) atoms. The maximum atomic E-state index is 12.5. The maximum Gasteiger partial charge on any atom is 0.255 e. The van der Waals surface area contributed by atoms with Gasteiger partial charge < -0.3 is 15.4 Å². The van der Waals surface area contributed by atoms with Gasteiger partial charge in [0.2, 0.25) is 5.91 Å². The van der Waals surface area contributed by atoms with Crippen molar-refractivity contribution < 1.29 is 22.7 Å². The van der Waals surface area contributed by atoms with Crippen LogP contribution in [0.2, 0.25) is 0 Å². The summed E-state index contributed by atoms with van der Waals surface area (Å²) in [6.45, 7) is 3.32. The zero-order chi connectivity index (χ0) is 23.8. The molecule has 9 heteroatoms. The third kappa shape index (κ3) is 7.03. The number of ether oxygens (including phenoxy) is 1. The first-order valence-corrected chi connectivity index (χ1v) is 12.9. The molecule has 2 aromatic rings. The Morgan fingerprint density at radius 3 is 2.42 bits per heavy atom. The van der Waals surface area contributed by atoms with Crippen LogP contribution in [0.1, 0.15) is 36.5 Å². The molecule has 1 aliphatic rings. The Morgan fingerprint density at radius 2 is 1.79 bits per heavy atom. The average molecular weight is 474 g/mol. The minimum atomic E-state index is -2.96. The minimum absolute atomic E-state index is 0.0104. The van der Waals surface area contributed by atoms with Crippen LogP contribution in [-0.2, 0) is 14.6 Å². The second kappa shape index (κ2) is 11.3. The molecule has 2 aromatic carbocycles. The Kier molecular flexibility index (Phi) is 8.46. The first-order valence-electron chi connectivity index (χ1n) is 11.1. The molecule has 0 aromatic heterocycles. The molecule has 1 unspecified atom stereocenters. The van der Waals surface area contributed by atoms with E-state index in [1.807, 2.05) is 19.1 Å². The van der Waals surface area contributed by atoms with Crippen LogP contribution in [-0.4, -0.2) is 62.9 Å². The van der Waals surface area contributed by atoms with Crippen LogP contribution < -0.4 is 15.4 Å². The molecule has 1 fully saturated rings. The molecule has 0 spiro atoms. The van der Waals surface area contributed by atoms with Crippen LogP contribution in [0.5, 0.6) is 5.75 Å². The first-order chi connectivity index (χ1) is 15.8. The predicted octanol–water partition coefficient (Wildman–Crippen LogP) is 3.18. The Balaban J connectivity index is 1.52. The Labute approximate surface area is 195 Å². The van der Waals surface area contributed by atoms with Crippen molar-refractivity contribution in [3.8, 4) is 5.75 Å². The highest BCUT2D eigenvalue weighted by Gasteiger charge is 2.31. The molecule has 8 nitrogen and oxygen atoms in total. The highest BCUT2D eigenvalue weighted by molar-refractivity contribution is 7.91. The summed E-state index contributed by atoms with van der Waals surface area (Å²) in [5, 5.41) is 5.66. The third-order valence-corrected chi connectivity index (χ3v) is 7.40. The number of para-hydroxylation sites is 2. The molecule has 1 aliphatic heterocycles. The fourth-order valence-corrected chi connectivity index (χ4v) is 5.71. The number of amides is 2. The lowest BCUT2D eigenvalue weighted by atomic mass is 10.1. The summed E-state index contributed by atoms with van der Waals surface area (Å²) in [5.74, 6) is 0.540. The number of methoxy groups -OCH3 is 1. The molecule has 3 rings (SSSR count). The van der Waals surface area contributed by atoms with Crippen molar-refractivity contribution in [2.75, 3.05) is 42.3 Å². The largest absolute Gasteiger partial charge is 0.495 e. The van der Waals surface area contributed by atoms with Crippen LogP contribution in [0.4, 0.5) is 11.4 Å². The molecular weight excluding hydrogens is 442 g/mol. The summed E-state index contributed by atoms with van der Waals surface area (Å²) in [6.07, 6.45) is 1.80. The van der Waals surface area contributed by atoms with E-state index >= 15 is 0 Å². The number of nitrogens with zero attached hydrogens (tertiary/aromatic N) is 1. The van der Waals surface area contributed by atoms with Crippen LogP contribution >= 0.6 is 0 Å². The van der Waals surface area contributed by atoms with Gasteiger partial charge >= 0.3 is 0 Å². The highest BCUT2D eigenvalue weighted by Crippen LogP contribution is 2.24. The van der Waals surface area contributed by atoms with Gasteiger partial charge in [-0.2, -0.15) is 0 Å². The number of rotatable bonds is 10. The molecule has 1 saturated heterocycles. The smallest absolute Gasteiger partial charge is 0.255 e. The number of hydrogen-bond donors (Lipinski definition) is 2. The Morgan fingerprint density at radius 1 is 1.06 bits per heavy atom. The van der Waals surface area contributed by atoms with Crippen LogP contribution in [0.25, 0.3) is 0 Å². The molecule has 2 N–H and O–H groups in total. The lowest BCUT2D eigenvalue weighted by Crippen LogP contribution is -2.38. The van der Waals surface area contributed by atoms with Gasteiger partial charge in [-0.1, -0.05) is 19.1 Å². The number of hydrogen-bond acceptors (Lipinski definition) is 6. The van der Waals surface area contributed by atoms with Crippen molar-refractivity contribution in [1.29, 1.82) is 0 Å². The van der Waals surface area contributed by atoms with Gasteiger partial charge in [0, 0.05) is 30.3 Å². The molecule has 2 amide bonds. The molecule has 0 saturated carbocycles. The molecule has 0 aliphatic carbocycles. The number of carbonyl (C=O) groups excluding carboxylic acids is 2. The summed E-state index contributed by atoms with van der Waals surface area (Å²) in [6, 6.07) is 13.8. The van der Waals surface area contributed by atoms with Gasteiger partial charge in [0.1, 0.15) is 5.75 Å². The van der Waals surface area contributed by atoms with Crippen molar-refractivity contribution in [3.63, 3.8) is 0 Å². The third-order valence-electron chi connectivity index (χ3n) is 5.65. The topological polar surface area (TPSA) is 105 Å². The number of carbonyl (C=O) groups is 2. The van der Waals surface area contributed by atoms with E-state index in [2.05, 4.69) is 15.5 Å². The van der Waals surface area contributed by atoms with E-state index < -0.39 is 9.84 Å². The first kappa shape index (κ1) is 24.7. The molecule has 178 valence electrons. The van der Waals surface area contributed by atoms with E-state index in [9.17, 15) is 18.0 Å². The average Bonchev–Trinajstić information content (AvgIpc) is 3.16. The zero-order valence-electron chi connectivity index (χ0n) is 19.0. The number of benzene rings is 2. The number of anilines is 2. The SMILES string of the molecule is CCCN(CCC(=O)Nc1ccc(C(=O)Nc2ccccc2OC)cc1)C1CCS(=O)(=O)C1. The number of nitrogens with one attached hydrogen (secondary N) is 2. The maximum absolute atomic E-state index is 12.5. The normalized spacial score (nSPS) is 17.0. The van der Waals surface area contributed by atoms with E-state index in [-0.39, 0.29) is 35.8 Å². The van der Waals surface area contributed by atoms with Crippen LogP contribution in [0, 0.1) is 0 Å². The quantitative estimate of drug-likeness (QED) is 0.549. The van der Waals surface area contributed by atoms with E-state index in [1.165, 1.54) is 0 Å². The van der Waals surface area contributed by atoms with E-state index in [4.69, 9.17) is 4.74 Å². The van der Waals surface area contributed by atoms with Gasteiger partial charge in [-0.3, -0.25) is 14.5 Å². The summed E-state index contributed by atoms with van der Waals surface area (Å²) in [4.78, 5) is 27.1.